The van der Waals surface area contributed by atoms with Crippen LogP contribution in [0.3, 0.4) is 0 Å². The average Bonchev–Trinajstić information content (AvgIpc) is 2.19. The first-order chi connectivity index (χ1) is 6.72. The molecule has 1 aromatic rings. The van der Waals surface area contributed by atoms with Crippen molar-refractivity contribution in [3.05, 3.63) is 30.1 Å². The van der Waals surface area contributed by atoms with Gasteiger partial charge in [0.2, 0.25) is 0 Å². The smallest absolute Gasteiger partial charge is 0.407 e. The quantitative estimate of drug-likeness (QED) is 0.790. The molecule has 0 bridgehead atoms. The van der Waals surface area contributed by atoms with Gasteiger partial charge >= 0.3 is 6.09 Å². The molecule has 14 heavy (non-hydrogen) atoms. The van der Waals surface area contributed by atoms with E-state index in [1.807, 2.05) is 19.1 Å². The van der Waals surface area contributed by atoms with Crippen molar-refractivity contribution in [2.24, 2.45) is 0 Å². The number of carbonyl (C=O) groups excluding carboxylic acids is 1. The molecule has 1 unspecified atom stereocenters. The molecule has 0 fully saturated rings. The summed E-state index contributed by atoms with van der Waals surface area (Å²) in [6.45, 7) is 1.93. The second-order valence-corrected chi connectivity index (χ2v) is 3.10. The van der Waals surface area contributed by atoms with Crippen LogP contribution in [0, 0.1) is 0 Å². The van der Waals surface area contributed by atoms with E-state index in [0.29, 0.717) is 0 Å². The van der Waals surface area contributed by atoms with Crippen molar-refractivity contribution < 1.29 is 9.53 Å². The summed E-state index contributed by atoms with van der Waals surface area (Å²) in [5.41, 5.74) is 1.14. The lowest BCUT2D eigenvalue weighted by atomic mass is 10.1. The first-order valence-electron chi connectivity index (χ1n) is 4.45. The number of amides is 1. The molecule has 0 radical (unpaired) electrons. The molecule has 0 aromatic carbocycles. The Hall–Kier alpha value is -1.58. The largest absolute Gasteiger partial charge is 0.453 e. The van der Waals surface area contributed by atoms with Crippen LogP contribution in [0.25, 0.3) is 0 Å². The molecular formula is C10H14N2O2. The Morgan fingerprint density at radius 3 is 2.79 bits per heavy atom. The van der Waals surface area contributed by atoms with Crippen molar-refractivity contribution in [2.45, 2.75) is 19.4 Å². The lowest BCUT2D eigenvalue weighted by Gasteiger charge is -2.12. The number of alkyl carbamates (subject to hydrolysis) is 1. The van der Waals surface area contributed by atoms with Crippen molar-refractivity contribution in [3.63, 3.8) is 0 Å². The predicted molar refractivity (Wildman–Crippen MR) is 52.9 cm³/mol. The minimum atomic E-state index is -0.397. The highest BCUT2D eigenvalue weighted by atomic mass is 16.5. The van der Waals surface area contributed by atoms with E-state index in [1.165, 1.54) is 7.11 Å². The van der Waals surface area contributed by atoms with Gasteiger partial charge in [-0.2, -0.15) is 0 Å². The molecule has 0 spiro atoms. The maximum atomic E-state index is 10.9. The van der Waals surface area contributed by atoms with E-state index in [-0.39, 0.29) is 6.04 Å². The molecule has 1 aromatic heterocycles. The number of hydrogen-bond donors (Lipinski definition) is 1. The zero-order valence-corrected chi connectivity index (χ0v) is 8.36. The van der Waals surface area contributed by atoms with Crippen LogP contribution in [-0.4, -0.2) is 24.2 Å². The second kappa shape index (κ2) is 5.21. The topological polar surface area (TPSA) is 51.2 Å². The molecule has 0 aliphatic heterocycles. The minimum Gasteiger partial charge on any atom is -0.453 e. The monoisotopic (exact) mass is 194 g/mol. The minimum absolute atomic E-state index is 0.0600. The van der Waals surface area contributed by atoms with Crippen molar-refractivity contribution in [2.75, 3.05) is 7.11 Å². The van der Waals surface area contributed by atoms with Gasteiger partial charge in [-0.25, -0.2) is 4.79 Å². The third-order valence-electron chi connectivity index (χ3n) is 1.84. The van der Waals surface area contributed by atoms with Crippen LogP contribution in [0.1, 0.15) is 12.5 Å². The highest BCUT2D eigenvalue weighted by Crippen LogP contribution is 2.01. The van der Waals surface area contributed by atoms with Crippen LogP contribution in [0.2, 0.25) is 0 Å². The van der Waals surface area contributed by atoms with E-state index >= 15 is 0 Å². The molecule has 4 heteroatoms. The van der Waals surface area contributed by atoms with Crippen LogP contribution in [0.5, 0.6) is 0 Å². The van der Waals surface area contributed by atoms with E-state index in [1.54, 1.807) is 12.4 Å². The van der Waals surface area contributed by atoms with Crippen molar-refractivity contribution in [3.8, 4) is 0 Å². The lowest BCUT2D eigenvalue weighted by molar-refractivity contribution is 0.167. The molecular weight excluding hydrogens is 180 g/mol. The predicted octanol–water partition coefficient (Wildman–Crippen LogP) is 1.37. The first-order valence-corrected chi connectivity index (χ1v) is 4.45. The number of methoxy groups -OCH3 is 1. The summed E-state index contributed by atoms with van der Waals surface area (Å²) in [5, 5.41) is 2.70. The van der Waals surface area contributed by atoms with E-state index in [2.05, 4.69) is 15.0 Å². The Balaban J connectivity index is 2.41. The van der Waals surface area contributed by atoms with E-state index in [9.17, 15) is 4.79 Å². The van der Waals surface area contributed by atoms with Gasteiger partial charge in [-0.1, -0.05) is 0 Å². The van der Waals surface area contributed by atoms with Gasteiger partial charge < -0.3 is 10.1 Å². The Morgan fingerprint density at radius 2 is 2.21 bits per heavy atom. The summed E-state index contributed by atoms with van der Waals surface area (Å²) in [7, 11) is 1.36. The summed E-state index contributed by atoms with van der Waals surface area (Å²) >= 11 is 0. The fraction of sp³-hybridized carbons (Fsp3) is 0.400. The van der Waals surface area contributed by atoms with Crippen LogP contribution < -0.4 is 5.32 Å². The van der Waals surface area contributed by atoms with Gasteiger partial charge in [-0.3, -0.25) is 4.98 Å². The van der Waals surface area contributed by atoms with E-state index < -0.39 is 6.09 Å². The standard InChI is InChI=1S/C10H14N2O2/c1-8(12-10(13)14-2)7-9-3-5-11-6-4-9/h3-6,8H,7H2,1-2H3,(H,12,13). The molecule has 1 amide bonds. The summed E-state index contributed by atoms with van der Waals surface area (Å²) in [6.07, 6.45) is 3.85. The number of aromatic nitrogens is 1. The maximum Gasteiger partial charge on any atom is 0.407 e. The van der Waals surface area contributed by atoms with Crippen molar-refractivity contribution >= 4 is 6.09 Å². The molecule has 0 aliphatic rings. The zero-order chi connectivity index (χ0) is 10.4. The Bertz CT molecular complexity index is 287. The molecule has 0 saturated heterocycles. The third-order valence-corrected chi connectivity index (χ3v) is 1.84. The van der Waals surface area contributed by atoms with Gasteiger partial charge in [0.1, 0.15) is 0 Å². The Morgan fingerprint density at radius 1 is 1.57 bits per heavy atom. The highest BCUT2D eigenvalue weighted by molar-refractivity contribution is 5.67. The highest BCUT2D eigenvalue weighted by Gasteiger charge is 2.06. The fourth-order valence-electron chi connectivity index (χ4n) is 1.18. The number of pyridine rings is 1. The molecule has 1 atom stereocenters. The van der Waals surface area contributed by atoms with E-state index in [4.69, 9.17) is 0 Å². The number of nitrogens with zero attached hydrogens (tertiary/aromatic N) is 1. The molecule has 4 nitrogen and oxygen atoms in total. The third kappa shape index (κ3) is 3.43. The van der Waals surface area contributed by atoms with Gasteiger partial charge in [-0.05, 0) is 31.0 Å². The normalized spacial score (nSPS) is 11.9. The van der Waals surface area contributed by atoms with Crippen LogP contribution in [0.4, 0.5) is 4.79 Å². The van der Waals surface area contributed by atoms with Gasteiger partial charge in [0.05, 0.1) is 7.11 Å². The SMILES string of the molecule is COC(=O)NC(C)Cc1ccncc1. The van der Waals surface area contributed by atoms with Crippen molar-refractivity contribution in [1.82, 2.24) is 10.3 Å². The molecule has 76 valence electrons. The molecule has 0 aliphatic carbocycles. The molecule has 1 N–H and O–H groups in total. The molecule has 1 heterocycles. The number of nitrogens with one attached hydrogen (secondary N) is 1. The number of carbonyl (C=O) groups is 1. The van der Waals surface area contributed by atoms with E-state index in [0.717, 1.165) is 12.0 Å². The zero-order valence-electron chi connectivity index (χ0n) is 8.36. The lowest BCUT2D eigenvalue weighted by Crippen LogP contribution is -2.33. The first kappa shape index (κ1) is 10.5. The van der Waals surface area contributed by atoms with Gasteiger partial charge in [-0.15, -0.1) is 0 Å². The average molecular weight is 194 g/mol. The molecule has 0 saturated carbocycles. The summed E-state index contributed by atoms with van der Waals surface area (Å²) in [5.74, 6) is 0. The second-order valence-electron chi connectivity index (χ2n) is 3.10. The molecule has 1 rings (SSSR count). The fourth-order valence-corrected chi connectivity index (χ4v) is 1.18. The number of rotatable bonds is 3. The Labute approximate surface area is 83.3 Å². The summed E-state index contributed by atoms with van der Waals surface area (Å²) < 4.78 is 4.50. The number of hydrogen-bond acceptors (Lipinski definition) is 3. The summed E-state index contributed by atoms with van der Waals surface area (Å²) in [6, 6.07) is 3.91. The summed E-state index contributed by atoms with van der Waals surface area (Å²) in [4.78, 5) is 14.8. The van der Waals surface area contributed by atoms with Crippen LogP contribution >= 0.6 is 0 Å². The van der Waals surface area contributed by atoms with Crippen LogP contribution in [-0.2, 0) is 11.2 Å². The number of ether oxygens (including phenoxy) is 1. The van der Waals surface area contributed by atoms with Gasteiger partial charge in [0, 0.05) is 18.4 Å². The Kier molecular flexibility index (Phi) is 3.91. The van der Waals surface area contributed by atoms with Crippen molar-refractivity contribution in [1.29, 1.82) is 0 Å². The van der Waals surface area contributed by atoms with Gasteiger partial charge in [0.15, 0.2) is 0 Å². The van der Waals surface area contributed by atoms with Gasteiger partial charge in [0.25, 0.3) is 0 Å². The maximum absolute atomic E-state index is 10.9. The van der Waals surface area contributed by atoms with Crippen LogP contribution in [0.15, 0.2) is 24.5 Å².